The summed E-state index contributed by atoms with van der Waals surface area (Å²) in [7, 11) is 1.65. The Labute approximate surface area is 226 Å². The average Bonchev–Trinajstić information content (AvgIpc) is 3.20. The molecule has 0 unspecified atom stereocenters. The van der Waals surface area contributed by atoms with Crippen molar-refractivity contribution in [1.29, 1.82) is 0 Å². The molecular weight excluding hydrogens is 599 g/mol. The first-order valence-electron chi connectivity index (χ1n) is 11.8. The molecule has 2 aromatic carbocycles. The van der Waals surface area contributed by atoms with E-state index in [-0.39, 0.29) is 41.6 Å². The van der Waals surface area contributed by atoms with Crippen molar-refractivity contribution in [2.45, 2.75) is 37.8 Å². The second-order valence-electron chi connectivity index (χ2n) is 9.37. The number of anilines is 2. The fourth-order valence-electron chi connectivity index (χ4n) is 4.74. The minimum Gasteiger partial charge on any atom is -0.481 e. The highest BCUT2D eigenvalue weighted by atomic mass is 127. The molecule has 5 rings (SSSR count). The molecule has 12 heteroatoms. The SMILES string of the molecule is CC(=O)O.Cn1cnc2cc(C(=O)N3CC(O)([C@@H]4CCCCN4)C3)c(Nc3ccc(I)cc3F)c(F)c21. The third-order valence-corrected chi connectivity index (χ3v) is 7.21. The predicted octanol–water partition coefficient (Wildman–Crippen LogP) is 3.62. The van der Waals surface area contributed by atoms with E-state index in [0.717, 1.165) is 32.7 Å². The number of aliphatic hydroxyl groups is 1. The molecule has 198 valence electrons. The molecule has 0 saturated carbocycles. The quantitative estimate of drug-likeness (QED) is 0.327. The Morgan fingerprint density at radius 2 is 1.95 bits per heavy atom. The van der Waals surface area contributed by atoms with Crippen LogP contribution in [0.15, 0.2) is 30.6 Å². The highest BCUT2D eigenvalue weighted by molar-refractivity contribution is 14.1. The van der Waals surface area contributed by atoms with Gasteiger partial charge in [0.25, 0.3) is 11.9 Å². The van der Waals surface area contributed by atoms with Crippen molar-refractivity contribution in [1.82, 2.24) is 19.8 Å². The van der Waals surface area contributed by atoms with Crippen molar-refractivity contribution in [2.24, 2.45) is 7.05 Å². The number of β-amino-alcohol motifs (C(OH)–C–C–N with tert-alkyl or cyclic N) is 1. The molecule has 2 fully saturated rings. The number of aromatic nitrogens is 2. The van der Waals surface area contributed by atoms with Gasteiger partial charge in [-0.05, 0) is 66.2 Å². The number of carboxylic acids is 1. The number of amides is 1. The molecule has 3 heterocycles. The van der Waals surface area contributed by atoms with Gasteiger partial charge in [-0.3, -0.25) is 9.59 Å². The zero-order valence-corrected chi connectivity index (χ0v) is 22.6. The second kappa shape index (κ2) is 10.9. The highest BCUT2D eigenvalue weighted by Crippen LogP contribution is 2.36. The number of hydrogen-bond acceptors (Lipinski definition) is 6. The first-order valence-corrected chi connectivity index (χ1v) is 12.9. The number of aryl methyl sites for hydroxylation is 1. The molecule has 0 spiro atoms. The molecule has 9 nitrogen and oxygen atoms in total. The first-order chi connectivity index (χ1) is 17.5. The summed E-state index contributed by atoms with van der Waals surface area (Å²) in [6.07, 6.45) is 4.42. The van der Waals surface area contributed by atoms with Gasteiger partial charge in [-0.15, -0.1) is 0 Å². The van der Waals surface area contributed by atoms with Gasteiger partial charge >= 0.3 is 0 Å². The number of hydrogen-bond donors (Lipinski definition) is 4. The van der Waals surface area contributed by atoms with E-state index in [1.54, 1.807) is 13.1 Å². The van der Waals surface area contributed by atoms with Crippen molar-refractivity contribution < 1.29 is 28.6 Å². The summed E-state index contributed by atoms with van der Waals surface area (Å²) < 4.78 is 32.4. The zero-order valence-electron chi connectivity index (χ0n) is 20.4. The third-order valence-electron chi connectivity index (χ3n) is 6.54. The number of carbonyl (C=O) groups is 2. The van der Waals surface area contributed by atoms with Crippen molar-refractivity contribution in [3.63, 3.8) is 0 Å². The van der Waals surface area contributed by atoms with Gasteiger partial charge in [0.05, 0.1) is 41.9 Å². The van der Waals surface area contributed by atoms with Gasteiger partial charge in [-0.1, -0.05) is 6.42 Å². The van der Waals surface area contributed by atoms with Gasteiger partial charge < -0.3 is 30.3 Å². The maximum absolute atomic E-state index is 15.6. The number of benzene rings is 2. The molecule has 0 bridgehead atoms. The Morgan fingerprint density at radius 3 is 2.57 bits per heavy atom. The van der Waals surface area contributed by atoms with Crippen LogP contribution in [0.3, 0.4) is 0 Å². The van der Waals surface area contributed by atoms with Crippen molar-refractivity contribution in [3.05, 3.63) is 51.4 Å². The molecule has 0 radical (unpaired) electrons. The lowest BCUT2D eigenvalue weighted by atomic mass is 9.81. The number of rotatable bonds is 4. The fraction of sp³-hybridized carbons (Fsp3) is 0.400. The van der Waals surface area contributed by atoms with Crippen LogP contribution in [-0.4, -0.2) is 67.8 Å². The standard InChI is InChI=1S/C23H24F2IN5O2.C2H4O2/c1-30-12-28-17-9-14(22(32)31-10-23(33,11-31)18-4-2-3-7-27-18)20(19(25)21(17)30)29-16-6-5-13(26)8-15(16)24;1-2(3)4/h5-6,8-9,12,18,27,29,33H,2-4,7,10-11H2,1H3;1H3,(H,3,4)/t18-;/m0./s1. The van der Waals surface area contributed by atoms with E-state index in [4.69, 9.17) is 9.90 Å². The van der Waals surface area contributed by atoms with E-state index < -0.39 is 29.1 Å². The third kappa shape index (κ3) is 5.70. The smallest absolute Gasteiger partial charge is 0.300 e. The molecule has 1 aromatic heterocycles. The highest BCUT2D eigenvalue weighted by Gasteiger charge is 2.49. The fourth-order valence-corrected chi connectivity index (χ4v) is 5.20. The van der Waals surface area contributed by atoms with Crippen molar-refractivity contribution >= 4 is 56.9 Å². The number of halogens is 3. The van der Waals surface area contributed by atoms with E-state index in [1.165, 1.54) is 34.0 Å². The van der Waals surface area contributed by atoms with Gasteiger partial charge in [0, 0.05) is 23.6 Å². The zero-order chi connectivity index (χ0) is 26.9. The topological polar surface area (TPSA) is 120 Å². The largest absolute Gasteiger partial charge is 0.481 e. The normalized spacial score (nSPS) is 18.5. The Hall–Kier alpha value is -2.84. The lowest BCUT2D eigenvalue weighted by molar-refractivity contribution is -0.134. The summed E-state index contributed by atoms with van der Waals surface area (Å²) in [5.41, 5.74) is -0.447. The number of aliphatic carboxylic acids is 1. The van der Waals surface area contributed by atoms with E-state index in [2.05, 4.69) is 15.6 Å². The van der Waals surface area contributed by atoms with Crippen LogP contribution in [0.25, 0.3) is 11.0 Å². The van der Waals surface area contributed by atoms with Crippen LogP contribution in [0.2, 0.25) is 0 Å². The molecule has 1 amide bonds. The molecule has 4 N–H and O–H groups in total. The van der Waals surface area contributed by atoms with Crippen LogP contribution in [0.4, 0.5) is 20.2 Å². The average molecular weight is 627 g/mol. The molecule has 2 aliphatic rings. The number of nitrogens with one attached hydrogen (secondary N) is 2. The van der Waals surface area contributed by atoms with Gasteiger partial charge in [-0.2, -0.15) is 0 Å². The molecule has 1 atom stereocenters. The van der Waals surface area contributed by atoms with Gasteiger partial charge in [0.2, 0.25) is 0 Å². The van der Waals surface area contributed by atoms with Crippen molar-refractivity contribution in [3.8, 4) is 0 Å². The molecule has 37 heavy (non-hydrogen) atoms. The minimum atomic E-state index is -1.00. The maximum atomic E-state index is 15.6. The van der Waals surface area contributed by atoms with E-state index in [1.807, 2.05) is 22.6 Å². The number of nitrogens with zero attached hydrogens (tertiary/aromatic N) is 3. The minimum absolute atomic E-state index is 0.0512. The molecular formula is C25H28F2IN5O4. The number of likely N-dealkylation sites (tertiary alicyclic amines) is 1. The summed E-state index contributed by atoms with van der Waals surface area (Å²) in [5, 5.41) is 24.5. The monoisotopic (exact) mass is 627 g/mol. The maximum Gasteiger partial charge on any atom is 0.300 e. The summed E-state index contributed by atoms with van der Waals surface area (Å²) in [4.78, 5) is 28.1. The number of fused-ring (bicyclic) bond motifs is 1. The van der Waals surface area contributed by atoms with E-state index in [0.29, 0.717) is 9.09 Å². The Bertz CT molecular complexity index is 1330. The summed E-state index contributed by atoms with van der Waals surface area (Å²) in [5.74, 6) is -2.50. The van der Waals surface area contributed by atoms with Gasteiger partial charge in [0.15, 0.2) is 5.82 Å². The Kier molecular flexibility index (Phi) is 7.99. The van der Waals surface area contributed by atoms with Crippen molar-refractivity contribution in [2.75, 3.05) is 25.0 Å². The van der Waals surface area contributed by atoms with Gasteiger partial charge in [0.1, 0.15) is 16.9 Å². The van der Waals surface area contributed by atoms with Crippen LogP contribution >= 0.6 is 22.6 Å². The number of piperidine rings is 1. The lowest BCUT2D eigenvalue weighted by Gasteiger charge is -2.51. The van der Waals surface area contributed by atoms with Crippen LogP contribution in [0, 0.1) is 15.2 Å². The lowest BCUT2D eigenvalue weighted by Crippen LogP contribution is -2.72. The molecule has 0 aliphatic carbocycles. The van der Waals surface area contributed by atoms with Crippen LogP contribution in [-0.2, 0) is 11.8 Å². The van der Waals surface area contributed by atoms with E-state index >= 15 is 4.39 Å². The number of imidazole rings is 1. The Morgan fingerprint density at radius 1 is 1.24 bits per heavy atom. The van der Waals surface area contributed by atoms with Crippen LogP contribution in [0.5, 0.6) is 0 Å². The summed E-state index contributed by atoms with van der Waals surface area (Å²) in [6.45, 7) is 2.24. The molecule has 2 saturated heterocycles. The predicted molar refractivity (Wildman–Crippen MR) is 143 cm³/mol. The molecule has 3 aromatic rings. The Balaban J connectivity index is 0.000000747. The molecule has 2 aliphatic heterocycles. The first kappa shape index (κ1) is 27.2. The second-order valence-corrected chi connectivity index (χ2v) is 10.6. The van der Waals surface area contributed by atoms with Crippen LogP contribution < -0.4 is 10.6 Å². The summed E-state index contributed by atoms with van der Waals surface area (Å²) in [6, 6.07) is 5.99. The van der Waals surface area contributed by atoms with E-state index in [9.17, 15) is 14.3 Å². The van der Waals surface area contributed by atoms with Gasteiger partial charge in [-0.25, -0.2) is 13.8 Å². The number of carboxylic acid groups (broad SMARTS) is 1. The number of carbonyl (C=O) groups excluding carboxylic acids is 1. The van der Waals surface area contributed by atoms with Crippen LogP contribution in [0.1, 0.15) is 36.5 Å². The summed E-state index contributed by atoms with van der Waals surface area (Å²) >= 11 is 1.99.